The van der Waals surface area contributed by atoms with Crippen molar-refractivity contribution in [2.75, 3.05) is 11.1 Å². The smallest absolute Gasteiger partial charge is 0.375 e. The van der Waals surface area contributed by atoms with Crippen molar-refractivity contribution in [2.45, 2.75) is 19.4 Å². The van der Waals surface area contributed by atoms with Crippen molar-refractivity contribution in [1.82, 2.24) is 0 Å². The lowest BCUT2D eigenvalue weighted by Gasteiger charge is -1.98. The van der Waals surface area contributed by atoms with Crippen molar-refractivity contribution in [3.8, 4) is 0 Å². The Balaban J connectivity index is 1.79. The number of aryl methyl sites for hydroxylation is 1. The summed E-state index contributed by atoms with van der Waals surface area (Å²) >= 11 is 0. The molecule has 1 aromatic heterocycles. The van der Waals surface area contributed by atoms with Gasteiger partial charge in [-0.25, -0.2) is 4.39 Å². The Labute approximate surface area is 156 Å². The Morgan fingerprint density at radius 1 is 1.15 bits per heavy atom. The number of rotatable bonds is 8. The molecule has 0 aliphatic rings. The van der Waals surface area contributed by atoms with Gasteiger partial charge in [0.25, 0.3) is 15.6 Å². The monoisotopic (exact) mass is 391 g/mol. The maximum Gasteiger partial charge on any atom is 0.375 e. The van der Waals surface area contributed by atoms with Gasteiger partial charge >= 0.3 is 5.89 Å². The molecule has 0 saturated carbocycles. The number of benzene rings is 2. The number of unbranched alkanes of at least 4 members (excludes halogenated alkanes) is 1. The molecule has 0 aliphatic heterocycles. The van der Waals surface area contributed by atoms with E-state index in [9.17, 15) is 12.8 Å². The van der Waals surface area contributed by atoms with E-state index in [2.05, 4.69) is 5.32 Å². The maximum absolute atomic E-state index is 13.5. The predicted molar refractivity (Wildman–Crippen MR) is 101 cm³/mol. The summed E-state index contributed by atoms with van der Waals surface area (Å²) in [6, 6.07) is 13.9. The number of anilines is 1. The van der Waals surface area contributed by atoms with E-state index in [1.165, 1.54) is 12.1 Å². The zero-order valence-corrected chi connectivity index (χ0v) is 15.3. The lowest BCUT2D eigenvalue weighted by molar-refractivity contribution is -0.678. The summed E-state index contributed by atoms with van der Waals surface area (Å²) in [6.07, 6.45) is 4.28. The van der Waals surface area contributed by atoms with Crippen molar-refractivity contribution in [2.24, 2.45) is 0 Å². The summed E-state index contributed by atoms with van der Waals surface area (Å²) in [5.41, 5.74) is 2.03. The number of fused-ring (bicyclic) bond motifs is 1. The van der Waals surface area contributed by atoms with Crippen molar-refractivity contribution >= 4 is 33.0 Å². The molecule has 27 heavy (non-hydrogen) atoms. The first-order valence-corrected chi connectivity index (χ1v) is 10.1. The first-order chi connectivity index (χ1) is 12.9. The second kappa shape index (κ2) is 8.32. The zero-order valence-electron chi connectivity index (χ0n) is 14.5. The number of nitrogens with one attached hydrogen (secondary N) is 1. The topological polar surface area (TPSA) is 83.4 Å². The fourth-order valence-corrected chi connectivity index (χ4v) is 3.30. The highest BCUT2D eigenvalue weighted by molar-refractivity contribution is 7.85. The molecule has 0 unspecified atom stereocenters. The number of para-hydroxylation sites is 1. The first kappa shape index (κ1) is 19.1. The van der Waals surface area contributed by atoms with E-state index in [0.717, 1.165) is 5.69 Å². The van der Waals surface area contributed by atoms with Gasteiger partial charge in [0.1, 0.15) is 5.82 Å². The minimum Gasteiger partial charge on any atom is -0.398 e. The summed E-state index contributed by atoms with van der Waals surface area (Å²) in [4.78, 5) is 0. The number of hydrogen-bond acceptors (Lipinski definition) is 4. The van der Waals surface area contributed by atoms with Gasteiger partial charge in [-0.1, -0.05) is 18.2 Å². The van der Waals surface area contributed by atoms with Gasteiger partial charge in [0, 0.05) is 30.4 Å². The Bertz CT molecular complexity index is 1050. The van der Waals surface area contributed by atoms with Gasteiger partial charge in [-0.2, -0.15) is 13.0 Å². The fraction of sp³-hybridized carbons (Fsp3) is 0.211. The number of halogens is 1. The van der Waals surface area contributed by atoms with Gasteiger partial charge < -0.3 is 9.73 Å². The zero-order chi connectivity index (χ0) is 19.3. The van der Waals surface area contributed by atoms with Crippen molar-refractivity contribution in [3.05, 3.63) is 66.4 Å². The first-order valence-electron chi connectivity index (χ1n) is 8.47. The second-order valence-corrected chi connectivity index (χ2v) is 7.61. The summed E-state index contributed by atoms with van der Waals surface area (Å²) in [5, 5.41) is 3.12. The molecule has 0 bridgehead atoms. The van der Waals surface area contributed by atoms with Crippen LogP contribution in [0.25, 0.3) is 17.2 Å². The van der Waals surface area contributed by atoms with Gasteiger partial charge in [0.2, 0.25) is 5.58 Å². The highest BCUT2D eigenvalue weighted by Gasteiger charge is 2.21. The van der Waals surface area contributed by atoms with E-state index in [-0.39, 0.29) is 5.75 Å². The largest absolute Gasteiger partial charge is 0.398 e. The summed E-state index contributed by atoms with van der Waals surface area (Å²) in [5.74, 6) is -0.183. The lowest BCUT2D eigenvalue weighted by Crippen LogP contribution is -2.35. The van der Waals surface area contributed by atoms with Gasteiger partial charge in [0.15, 0.2) is 6.54 Å². The molecule has 0 atom stereocenters. The van der Waals surface area contributed by atoms with E-state index in [4.69, 9.17) is 8.97 Å². The Morgan fingerprint density at radius 3 is 2.67 bits per heavy atom. The molecule has 0 aliphatic carbocycles. The van der Waals surface area contributed by atoms with E-state index in [0.29, 0.717) is 36.4 Å². The number of nitrogens with zero attached hydrogens (tertiary/aromatic N) is 1. The molecule has 3 aromatic rings. The van der Waals surface area contributed by atoms with Crippen molar-refractivity contribution in [1.29, 1.82) is 0 Å². The Morgan fingerprint density at radius 2 is 1.93 bits per heavy atom. The van der Waals surface area contributed by atoms with Crippen LogP contribution in [0.4, 0.5) is 10.1 Å². The van der Waals surface area contributed by atoms with Gasteiger partial charge in [-0.3, -0.25) is 4.55 Å². The van der Waals surface area contributed by atoms with Crippen molar-refractivity contribution < 1.29 is 26.3 Å². The standard InChI is InChI=1S/C19H19FN2O4S/c20-15-8-9-17-18(14-15)26-19(10-11-21-16-6-2-1-3-7-16)22(17)12-4-5-13-27(23,24)25/h1-3,6-11,14H,4-5,12-13H2,(H,23,24,25)/p+1. The molecule has 0 fully saturated rings. The van der Waals surface area contributed by atoms with E-state index in [1.807, 2.05) is 34.9 Å². The average molecular weight is 391 g/mol. The SMILES string of the molecule is O=S(=O)(O)CCCC[n+]1c(/C=C/Nc2ccccc2)oc2cc(F)ccc21. The molecule has 3 rings (SSSR count). The van der Waals surface area contributed by atoms with Crippen LogP contribution in [0.15, 0.2) is 59.1 Å². The molecule has 8 heteroatoms. The molecular formula is C19H20FN2O4S+. The van der Waals surface area contributed by atoms with Gasteiger partial charge in [0.05, 0.1) is 11.8 Å². The number of aromatic nitrogens is 1. The molecule has 0 radical (unpaired) electrons. The quantitative estimate of drug-likeness (QED) is 0.348. The van der Waals surface area contributed by atoms with Crippen LogP contribution >= 0.6 is 0 Å². The summed E-state index contributed by atoms with van der Waals surface area (Å²) < 4.78 is 51.6. The average Bonchev–Trinajstić information content (AvgIpc) is 2.95. The second-order valence-electron chi connectivity index (χ2n) is 6.04. The number of oxazole rings is 1. The molecule has 142 valence electrons. The predicted octanol–water partition coefficient (Wildman–Crippen LogP) is 3.61. The molecule has 0 saturated heterocycles. The van der Waals surface area contributed by atoms with Crippen LogP contribution in [0.1, 0.15) is 18.7 Å². The van der Waals surface area contributed by atoms with Gasteiger partial charge in [-0.15, -0.1) is 0 Å². The maximum atomic E-state index is 13.5. The Hall–Kier alpha value is -2.71. The molecule has 1 heterocycles. The third kappa shape index (κ3) is 5.38. The van der Waals surface area contributed by atoms with Gasteiger partial charge in [-0.05, 0) is 24.6 Å². The highest BCUT2D eigenvalue weighted by Crippen LogP contribution is 2.17. The van der Waals surface area contributed by atoms with E-state index in [1.54, 1.807) is 18.3 Å². The lowest BCUT2D eigenvalue weighted by atomic mass is 10.3. The summed E-state index contributed by atoms with van der Waals surface area (Å²) in [7, 11) is -3.97. The molecule has 6 nitrogen and oxygen atoms in total. The molecule has 2 aromatic carbocycles. The van der Waals surface area contributed by atoms with E-state index < -0.39 is 15.9 Å². The molecule has 0 spiro atoms. The van der Waals surface area contributed by atoms with Crippen molar-refractivity contribution in [3.63, 3.8) is 0 Å². The normalized spacial score (nSPS) is 12.1. The third-order valence-corrected chi connectivity index (χ3v) is 4.78. The number of hydrogen-bond donors (Lipinski definition) is 2. The highest BCUT2D eigenvalue weighted by atomic mass is 32.2. The van der Waals surface area contributed by atoms with Crippen LogP contribution in [0.3, 0.4) is 0 Å². The van der Waals surface area contributed by atoms with Crippen LogP contribution in [0.2, 0.25) is 0 Å². The van der Waals surface area contributed by atoms with Crippen LogP contribution in [0, 0.1) is 5.82 Å². The summed E-state index contributed by atoms with van der Waals surface area (Å²) in [6.45, 7) is 0.471. The van der Waals surface area contributed by atoms with Crippen LogP contribution < -0.4 is 9.88 Å². The fourth-order valence-electron chi connectivity index (χ4n) is 2.73. The van der Waals surface area contributed by atoms with E-state index >= 15 is 0 Å². The van der Waals surface area contributed by atoms with Crippen LogP contribution in [-0.4, -0.2) is 18.7 Å². The molecule has 0 amide bonds. The van der Waals surface area contributed by atoms with Crippen LogP contribution in [-0.2, 0) is 16.7 Å². The molecular weight excluding hydrogens is 371 g/mol. The minimum atomic E-state index is -3.97. The molecule has 2 N–H and O–H groups in total. The minimum absolute atomic E-state index is 0.293. The Kier molecular flexibility index (Phi) is 5.88. The third-order valence-electron chi connectivity index (χ3n) is 3.98. The van der Waals surface area contributed by atoms with Crippen LogP contribution in [0.5, 0.6) is 0 Å².